The van der Waals surface area contributed by atoms with Crippen LogP contribution in [0, 0.1) is 0 Å². The Labute approximate surface area is 111 Å². The molecule has 2 aromatic heterocycles. The average Bonchev–Trinajstić information content (AvgIpc) is 2.81. The van der Waals surface area contributed by atoms with Crippen molar-refractivity contribution in [3.63, 3.8) is 0 Å². The van der Waals surface area contributed by atoms with Crippen LogP contribution in [0.15, 0.2) is 18.6 Å². The molecular weight excluding hydrogens is 277 g/mol. The highest BCUT2D eigenvalue weighted by Gasteiger charge is 2.37. The highest BCUT2D eigenvalue weighted by atomic mass is 32.1. The van der Waals surface area contributed by atoms with E-state index in [0.717, 1.165) is 11.3 Å². The topological polar surface area (TPSA) is 50.7 Å². The van der Waals surface area contributed by atoms with E-state index < -0.39 is 11.9 Å². The predicted molar refractivity (Wildman–Crippen MR) is 65.5 cm³/mol. The number of halogens is 3. The maximum absolute atomic E-state index is 12.9. The zero-order valence-electron chi connectivity index (χ0n) is 10.0. The van der Waals surface area contributed by atoms with Crippen LogP contribution in [-0.4, -0.2) is 21.5 Å². The minimum absolute atomic E-state index is 0.142. The van der Waals surface area contributed by atoms with E-state index in [0.29, 0.717) is 12.2 Å². The van der Waals surface area contributed by atoms with Crippen LogP contribution < -0.4 is 5.32 Å². The van der Waals surface area contributed by atoms with E-state index in [1.54, 1.807) is 0 Å². The van der Waals surface area contributed by atoms with Crippen molar-refractivity contribution >= 4 is 11.3 Å². The lowest BCUT2D eigenvalue weighted by molar-refractivity contribution is -0.141. The van der Waals surface area contributed by atoms with Crippen LogP contribution in [0.3, 0.4) is 0 Å². The van der Waals surface area contributed by atoms with Gasteiger partial charge in [-0.2, -0.15) is 13.2 Å². The largest absolute Gasteiger partial charge is 0.434 e. The Morgan fingerprint density at radius 3 is 2.68 bits per heavy atom. The second kappa shape index (κ2) is 5.62. The van der Waals surface area contributed by atoms with Gasteiger partial charge in [-0.3, -0.25) is 9.97 Å². The number of hydrogen-bond acceptors (Lipinski definition) is 5. The van der Waals surface area contributed by atoms with Crippen LogP contribution in [0.1, 0.15) is 17.5 Å². The molecule has 0 saturated carbocycles. The molecule has 0 radical (unpaired) electrons. The summed E-state index contributed by atoms with van der Waals surface area (Å²) in [5, 5.41) is 3.11. The van der Waals surface area contributed by atoms with Gasteiger partial charge in [-0.1, -0.05) is 6.92 Å². The zero-order chi connectivity index (χ0) is 13.9. The monoisotopic (exact) mass is 288 g/mol. The molecule has 0 aliphatic carbocycles. The second-order valence-corrected chi connectivity index (χ2v) is 4.74. The van der Waals surface area contributed by atoms with Gasteiger partial charge in [0.25, 0.3) is 0 Å². The van der Waals surface area contributed by atoms with Gasteiger partial charge in [-0.05, 0) is 6.54 Å². The van der Waals surface area contributed by atoms with E-state index >= 15 is 0 Å². The fourth-order valence-corrected chi connectivity index (χ4v) is 2.46. The molecule has 102 valence electrons. The Balaban J connectivity index is 2.40. The molecule has 0 amide bonds. The standard InChI is InChI=1S/C11H11F3N4S/c1-2-15-6-8-9(11(12,13)14)18-10(19-8)7-5-16-3-4-17-7/h3-5,15H,2,6H2,1H3. The van der Waals surface area contributed by atoms with Crippen molar-refractivity contribution in [3.05, 3.63) is 29.2 Å². The lowest BCUT2D eigenvalue weighted by Crippen LogP contribution is -2.15. The molecule has 0 saturated heterocycles. The number of rotatable bonds is 4. The Morgan fingerprint density at radius 2 is 2.11 bits per heavy atom. The smallest absolute Gasteiger partial charge is 0.312 e. The first-order valence-corrected chi connectivity index (χ1v) is 6.38. The van der Waals surface area contributed by atoms with E-state index in [1.165, 1.54) is 18.6 Å². The predicted octanol–water partition coefficient (Wildman–Crippen LogP) is 2.73. The van der Waals surface area contributed by atoms with Crippen molar-refractivity contribution in [2.75, 3.05) is 6.54 Å². The normalized spacial score (nSPS) is 11.8. The zero-order valence-corrected chi connectivity index (χ0v) is 10.8. The number of thiazole rings is 1. The van der Waals surface area contributed by atoms with Gasteiger partial charge in [0.15, 0.2) is 5.69 Å². The van der Waals surface area contributed by atoms with Gasteiger partial charge >= 0.3 is 6.18 Å². The molecule has 2 aromatic rings. The van der Waals surface area contributed by atoms with Gasteiger partial charge < -0.3 is 5.32 Å². The summed E-state index contributed by atoms with van der Waals surface area (Å²) in [5.74, 6) is 0. The molecule has 0 spiro atoms. The quantitative estimate of drug-likeness (QED) is 0.940. The summed E-state index contributed by atoms with van der Waals surface area (Å²) in [6.07, 6.45) is -0.174. The summed E-state index contributed by atoms with van der Waals surface area (Å²) in [7, 11) is 0. The van der Waals surface area contributed by atoms with E-state index in [-0.39, 0.29) is 16.4 Å². The summed E-state index contributed by atoms with van der Waals surface area (Å²) < 4.78 is 38.7. The number of hydrogen-bond donors (Lipinski definition) is 1. The maximum atomic E-state index is 12.9. The van der Waals surface area contributed by atoms with Gasteiger partial charge in [0.05, 0.1) is 11.1 Å². The highest BCUT2D eigenvalue weighted by molar-refractivity contribution is 7.15. The third kappa shape index (κ3) is 3.27. The number of aromatic nitrogens is 3. The molecule has 0 fully saturated rings. The van der Waals surface area contributed by atoms with Gasteiger partial charge in [0.1, 0.15) is 10.7 Å². The van der Waals surface area contributed by atoms with Crippen molar-refractivity contribution in [1.29, 1.82) is 0 Å². The first kappa shape index (κ1) is 13.9. The molecule has 1 N–H and O–H groups in total. The van der Waals surface area contributed by atoms with Gasteiger partial charge in [-0.15, -0.1) is 11.3 Å². The first-order valence-electron chi connectivity index (χ1n) is 5.56. The van der Waals surface area contributed by atoms with Crippen LogP contribution in [0.2, 0.25) is 0 Å². The fourth-order valence-electron chi connectivity index (χ4n) is 1.45. The maximum Gasteiger partial charge on any atom is 0.434 e. The van der Waals surface area contributed by atoms with Gasteiger partial charge in [0.2, 0.25) is 0 Å². The molecule has 0 aromatic carbocycles. The highest BCUT2D eigenvalue weighted by Crippen LogP contribution is 2.36. The average molecular weight is 288 g/mol. The van der Waals surface area contributed by atoms with Crippen LogP contribution in [0.4, 0.5) is 13.2 Å². The summed E-state index contributed by atoms with van der Waals surface area (Å²) in [6.45, 7) is 2.57. The fraction of sp³-hybridized carbons (Fsp3) is 0.364. The summed E-state index contributed by atoms with van der Waals surface area (Å²) in [5.41, 5.74) is -0.500. The summed E-state index contributed by atoms with van der Waals surface area (Å²) in [6, 6.07) is 0. The Hall–Kier alpha value is -1.54. The van der Waals surface area contributed by atoms with Crippen LogP contribution in [0.25, 0.3) is 10.7 Å². The molecule has 2 rings (SSSR count). The summed E-state index contributed by atoms with van der Waals surface area (Å²) in [4.78, 5) is 11.6. The Bertz CT molecular complexity index is 539. The molecular formula is C11H11F3N4S. The SMILES string of the molecule is CCNCc1sc(-c2cnccn2)nc1C(F)(F)F. The molecule has 0 aliphatic rings. The van der Waals surface area contributed by atoms with Crippen molar-refractivity contribution < 1.29 is 13.2 Å². The first-order chi connectivity index (χ1) is 9.02. The molecule has 0 aliphatic heterocycles. The van der Waals surface area contributed by atoms with E-state index in [4.69, 9.17) is 0 Å². The lowest BCUT2D eigenvalue weighted by Gasteiger charge is -2.05. The van der Waals surface area contributed by atoms with Crippen LogP contribution in [-0.2, 0) is 12.7 Å². The van der Waals surface area contributed by atoms with Crippen molar-refractivity contribution in [3.8, 4) is 10.7 Å². The second-order valence-electron chi connectivity index (χ2n) is 3.66. The Morgan fingerprint density at radius 1 is 1.32 bits per heavy atom. The minimum atomic E-state index is -4.46. The van der Waals surface area contributed by atoms with Crippen LogP contribution >= 0.6 is 11.3 Å². The van der Waals surface area contributed by atoms with Crippen molar-refractivity contribution in [1.82, 2.24) is 20.3 Å². The van der Waals surface area contributed by atoms with E-state index in [9.17, 15) is 13.2 Å². The lowest BCUT2D eigenvalue weighted by atomic mass is 10.3. The molecule has 0 unspecified atom stereocenters. The molecule has 19 heavy (non-hydrogen) atoms. The van der Waals surface area contributed by atoms with E-state index in [1.807, 2.05) is 6.92 Å². The van der Waals surface area contributed by atoms with Gasteiger partial charge in [-0.25, -0.2) is 4.98 Å². The third-order valence-corrected chi connectivity index (χ3v) is 3.36. The van der Waals surface area contributed by atoms with E-state index in [2.05, 4.69) is 20.3 Å². The number of nitrogens with zero attached hydrogens (tertiary/aromatic N) is 3. The molecule has 4 nitrogen and oxygen atoms in total. The van der Waals surface area contributed by atoms with Gasteiger partial charge in [0, 0.05) is 18.9 Å². The van der Waals surface area contributed by atoms with Crippen molar-refractivity contribution in [2.45, 2.75) is 19.6 Å². The third-order valence-electron chi connectivity index (χ3n) is 2.28. The van der Waals surface area contributed by atoms with Crippen LogP contribution in [0.5, 0.6) is 0 Å². The molecule has 0 bridgehead atoms. The van der Waals surface area contributed by atoms with Crippen molar-refractivity contribution in [2.24, 2.45) is 0 Å². The molecule has 0 atom stereocenters. The minimum Gasteiger partial charge on any atom is -0.312 e. The molecule has 8 heteroatoms. The number of nitrogens with one attached hydrogen (secondary N) is 1. The summed E-state index contributed by atoms with van der Waals surface area (Å²) >= 11 is 0.983. The molecule has 2 heterocycles. The number of alkyl halides is 3. The Kier molecular flexibility index (Phi) is 4.11.